The maximum absolute atomic E-state index is 9.98. The molecule has 3 nitrogen and oxygen atoms in total. The first-order valence-corrected chi connectivity index (χ1v) is 7.98. The van der Waals surface area contributed by atoms with E-state index in [1.807, 2.05) is 0 Å². The van der Waals surface area contributed by atoms with E-state index in [0.717, 1.165) is 6.42 Å². The summed E-state index contributed by atoms with van der Waals surface area (Å²) in [5.41, 5.74) is 2.50. The number of ether oxygens (including phenoxy) is 1. The van der Waals surface area contributed by atoms with E-state index in [1.54, 1.807) is 0 Å². The van der Waals surface area contributed by atoms with Gasteiger partial charge in [0.2, 0.25) is 0 Å². The summed E-state index contributed by atoms with van der Waals surface area (Å²) in [6.45, 7) is 11.6. The second kappa shape index (κ2) is 9.19. The van der Waals surface area contributed by atoms with Crippen LogP contribution in [0.2, 0.25) is 0 Å². The lowest BCUT2D eigenvalue weighted by Crippen LogP contribution is -2.33. The van der Waals surface area contributed by atoms with Gasteiger partial charge in [0.25, 0.3) is 0 Å². The van der Waals surface area contributed by atoms with E-state index in [9.17, 15) is 5.11 Å². The summed E-state index contributed by atoms with van der Waals surface area (Å²) in [7, 11) is 0. The Bertz CT molecular complexity index is 389. The van der Waals surface area contributed by atoms with Crippen LogP contribution in [0.1, 0.15) is 51.3 Å². The molecule has 0 fully saturated rings. The number of hydrogen-bond donors (Lipinski definition) is 2. The van der Waals surface area contributed by atoms with Gasteiger partial charge in [-0.05, 0) is 38.7 Å². The van der Waals surface area contributed by atoms with Crippen LogP contribution in [0.15, 0.2) is 24.3 Å². The maximum Gasteiger partial charge on any atom is 0.0898 e. The van der Waals surface area contributed by atoms with Crippen LogP contribution < -0.4 is 5.32 Å². The summed E-state index contributed by atoms with van der Waals surface area (Å²) in [6.07, 6.45) is 0.765. The van der Waals surface area contributed by atoms with Gasteiger partial charge in [0.05, 0.1) is 18.8 Å². The molecule has 0 saturated heterocycles. The molecule has 3 atom stereocenters. The number of benzene rings is 1. The van der Waals surface area contributed by atoms with Crippen molar-refractivity contribution in [2.45, 2.75) is 59.3 Å². The van der Waals surface area contributed by atoms with Crippen LogP contribution in [0, 0.1) is 12.8 Å². The third-order valence-corrected chi connectivity index (χ3v) is 3.61. The number of aliphatic hydroxyl groups excluding tert-OH is 1. The summed E-state index contributed by atoms with van der Waals surface area (Å²) in [4.78, 5) is 0. The van der Waals surface area contributed by atoms with E-state index in [0.29, 0.717) is 19.1 Å². The molecule has 0 aromatic heterocycles. The van der Waals surface area contributed by atoms with Crippen LogP contribution >= 0.6 is 0 Å². The third-order valence-electron chi connectivity index (χ3n) is 3.61. The van der Waals surface area contributed by atoms with E-state index in [2.05, 4.69) is 64.2 Å². The average molecular weight is 293 g/mol. The maximum atomic E-state index is 9.98. The number of hydrogen-bond acceptors (Lipinski definition) is 3. The Morgan fingerprint density at radius 1 is 1.10 bits per heavy atom. The van der Waals surface area contributed by atoms with Crippen LogP contribution in [0.3, 0.4) is 0 Å². The molecule has 0 radical (unpaired) electrons. The van der Waals surface area contributed by atoms with Gasteiger partial charge in [-0.2, -0.15) is 0 Å². The lowest BCUT2D eigenvalue weighted by Gasteiger charge is -2.20. The van der Waals surface area contributed by atoms with Gasteiger partial charge in [-0.25, -0.2) is 0 Å². The van der Waals surface area contributed by atoms with Crippen LogP contribution in [0.4, 0.5) is 0 Å². The second-order valence-electron chi connectivity index (χ2n) is 6.47. The van der Waals surface area contributed by atoms with Crippen molar-refractivity contribution in [1.29, 1.82) is 0 Å². The largest absolute Gasteiger partial charge is 0.389 e. The molecule has 0 aliphatic heterocycles. The van der Waals surface area contributed by atoms with Gasteiger partial charge in [-0.3, -0.25) is 0 Å². The number of aliphatic hydroxyl groups is 1. The van der Waals surface area contributed by atoms with Crippen molar-refractivity contribution in [3.63, 3.8) is 0 Å². The van der Waals surface area contributed by atoms with Crippen molar-refractivity contribution < 1.29 is 9.84 Å². The summed E-state index contributed by atoms with van der Waals surface area (Å²) >= 11 is 0. The van der Waals surface area contributed by atoms with Gasteiger partial charge < -0.3 is 15.2 Å². The molecule has 0 aliphatic carbocycles. The minimum Gasteiger partial charge on any atom is -0.389 e. The smallest absolute Gasteiger partial charge is 0.0898 e. The Morgan fingerprint density at radius 3 is 2.29 bits per heavy atom. The first-order chi connectivity index (χ1) is 9.88. The van der Waals surface area contributed by atoms with Crippen molar-refractivity contribution >= 4 is 0 Å². The third kappa shape index (κ3) is 7.60. The molecule has 0 bridgehead atoms. The average Bonchev–Trinajstić information content (AvgIpc) is 2.42. The minimum absolute atomic E-state index is 0.203. The molecule has 0 saturated carbocycles. The van der Waals surface area contributed by atoms with Crippen molar-refractivity contribution in [1.82, 2.24) is 5.32 Å². The quantitative estimate of drug-likeness (QED) is 0.732. The van der Waals surface area contributed by atoms with Gasteiger partial charge in [0.15, 0.2) is 0 Å². The van der Waals surface area contributed by atoms with Crippen molar-refractivity contribution in [2.24, 2.45) is 5.92 Å². The van der Waals surface area contributed by atoms with E-state index < -0.39 is 6.10 Å². The molecule has 3 heteroatoms. The first-order valence-electron chi connectivity index (χ1n) is 7.98. The lowest BCUT2D eigenvalue weighted by molar-refractivity contribution is -0.00914. The van der Waals surface area contributed by atoms with Gasteiger partial charge in [0, 0.05) is 12.6 Å². The predicted molar refractivity (Wildman–Crippen MR) is 88.5 cm³/mol. The molecule has 1 aromatic carbocycles. The van der Waals surface area contributed by atoms with Gasteiger partial charge in [0.1, 0.15) is 0 Å². The molecular weight excluding hydrogens is 262 g/mol. The summed E-state index contributed by atoms with van der Waals surface area (Å²) in [5.74, 6) is 0.622. The molecule has 0 amide bonds. The zero-order valence-electron chi connectivity index (χ0n) is 14.1. The molecule has 2 N–H and O–H groups in total. The highest BCUT2D eigenvalue weighted by Gasteiger charge is 2.11. The van der Waals surface area contributed by atoms with Gasteiger partial charge in [-0.1, -0.05) is 43.7 Å². The Balaban J connectivity index is 2.26. The van der Waals surface area contributed by atoms with Gasteiger partial charge in [-0.15, -0.1) is 0 Å². The predicted octanol–water partition coefficient (Wildman–Crippen LogP) is 3.46. The SMILES string of the molecule is Cc1ccc(C(C)NCC(O)COC(C)CC(C)C)cc1. The number of aryl methyl sites for hydroxylation is 1. The first kappa shape index (κ1) is 18.1. The van der Waals surface area contributed by atoms with Crippen LogP contribution in [0.5, 0.6) is 0 Å². The Labute approximate surface area is 129 Å². The molecule has 0 heterocycles. The molecule has 1 aromatic rings. The van der Waals surface area contributed by atoms with E-state index in [4.69, 9.17) is 4.74 Å². The van der Waals surface area contributed by atoms with Crippen LogP contribution in [-0.4, -0.2) is 30.5 Å². The molecule has 0 spiro atoms. The van der Waals surface area contributed by atoms with Crippen molar-refractivity contribution in [3.05, 3.63) is 35.4 Å². The fourth-order valence-electron chi connectivity index (χ4n) is 2.35. The standard InChI is InChI=1S/C18H31NO2/c1-13(2)10-15(4)21-12-18(20)11-19-16(5)17-8-6-14(3)7-9-17/h6-9,13,15-16,18-20H,10-12H2,1-5H3. The highest BCUT2D eigenvalue weighted by Crippen LogP contribution is 2.13. The van der Waals surface area contributed by atoms with Crippen molar-refractivity contribution in [3.8, 4) is 0 Å². The summed E-state index contributed by atoms with van der Waals surface area (Å²) < 4.78 is 5.68. The Hall–Kier alpha value is -0.900. The summed E-state index contributed by atoms with van der Waals surface area (Å²) in [5, 5.41) is 13.3. The highest BCUT2D eigenvalue weighted by atomic mass is 16.5. The van der Waals surface area contributed by atoms with Crippen LogP contribution in [0.25, 0.3) is 0 Å². The molecule has 3 unspecified atom stereocenters. The zero-order chi connectivity index (χ0) is 15.8. The molecule has 21 heavy (non-hydrogen) atoms. The normalized spacial score (nSPS) is 16.0. The second-order valence-corrected chi connectivity index (χ2v) is 6.47. The zero-order valence-corrected chi connectivity index (χ0v) is 14.1. The van der Waals surface area contributed by atoms with Gasteiger partial charge >= 0.3 is 0 Å². The molecular formula is C18H31NO2. The van der Waals surface area contributed by atoms with Crippen LogP contribution in [-0.2, 0) is 4.74 Å². The minimum atomic E-state index is -0.465. The number of rotatable bonds is 9. The van der Waals surface area contributed by atoms with E-state index >= 15 is 0 Å². The molecule has 120 valence electrons. The Kier molecular flexibility index (Phi) is 7.94. The van der Waals surface area contributed by atoms with Crippen molar-refractivity contribution in [2.75, 3.05) is 13.2 Å². The highest BCUT2D eigenvalue weighted by molar-refractivity contribution is 5.23. The lowest BCUT2D eigenvalue weighted by atomic mass is 10.1. The monoisotopic (exact) mass is 293 g/mol. The fourth-order valence-corrected chi connectivity index (χ4v) is 2.35. The topological polar surface area (TPSA) is 41.5 Å². The molecule has 1 rings (SSSR count). The number of nitrogens with one attached hydrogen (secondary N) is 1. The molecule has 0 aliphatic rings. The summed E-state index contributed by atoms with van der Waals surface area (Å²) in [6, 6.07) is 8.70. The van der Waals surface area contributed by atoms with E-state index in [-0.39, 0.29) is 12.1 Å². The fraction of sp³-hybridized carbons (Fsp3) is 0.667. The Morgan fingerprint density at radius 2 is 1.71 bits per heavy atom. The van der Waals surface area contributed by atoms with E-state index in [1.165, 1.54) is 11.1 Å².